The van der Waals surface area contributed by atoms with E-state index in [9.17, 15) is 0 Å². The van der Waals surface area contributed by atoms with E-state index in [0.717, 1.165) is 24.3 Å². The van der Waals surface area contributed by atoms with Crippen LogP contribution in [0, 0.1) is 17.8 Å². The summed E-state index contributed by atoms with van der Waals surface area (Å²) >= 11 is 0. The van der Waals surface area contributed by atoms with Crippen LogP contribution in [-0.2, 0) is 0 Å². The maximum absolute atomic E-state index is 3.42. The lowest BCUT2D eigenvalue weighted by atomic mass is 9.86. The zero-order valence-corrected chi connectivity index (χ0v) is 10.1. The van der Waals surface area contributed by atoms with E-state index in [0.29, 0.717) is 0 Å². The molecule has 0 spiro atoms. The van der Waals surface area contributed by atoms with Crippen molar-refractivity contribution < 1.29 is 0 Å². The second-order valence-corrected chi connectivity index (χ2v) is 4.51. The lowest BCUT2D eigenvalue weighted by Crippen LogP contribution is -2.25. The number of rotatable bonds is 7. The second-order valence-electron chi connectivity index (χ2n) is 4.51. The van der Waals surface area contributed by atoms with Crippen LogP contribution < -0.4 is 5.32 Å². The molecule has 0 saturated carbocycles. The Hall–Kier alpha value is -0.0400. The third kappa shape index (κ3) is 6.09. The quantitative estimate of drug-likeness (QED) is 0.641. The van der Waals surface area contributed by atoms with E-state index < -0.39 is 0 Å². The normalized spacial score (nSPS) is 18.2. The van der Waals surface area contributed by atoms with Crippen molar-refractivity contribution in [1.29, 1.82) is 0 Å². The molecule has 0 rings (SSSR count). The first kappa shape index (κ1) is 13.0. The third-order valence-electron chi connectivity index (χ3n) is 3.16. The van der Waals surface area contributed by atoms with Gasteiger partial charge >= 0.3 is 0 Å². The fourth-order valence-corrected chi connectivity index (χ4v) is 1.61. The maximum atomic E-state index is 3.42. The predicted octanol–water partition coefficient (Wildman–Crippen LogP) is 3.30. The summed E-state index contributed by atoms with van der Waals surface area (Å²) in [7, 11) is 0. The Kier molecular flexibility index (Phi) is 7.35. The maximum Gasteiger partial charge on any atom is -0.00207 e. The van der Waals surface area contributed by atoms with E-state index in [-0.39, 0.29) is 0 Å². The Balaban J connectivity index is 3.61. The summed E-state index contributed by atoms with van der Waals surface area (Å²) in [6.45, 7) is 13.8. The highest BCUT2D eigenvalue weighted by Gasteiger charge is 2.13. The van der Waals surface area contributed by atoms with Gasteiger partial charge in [-0.1, -0.05) is 41.0 Å². The predicted molar refractivity (Wildman–Crippen MR) is 60.9 cm³/mol. The molecule has 0 bridgehead atoms. The number of nitrogens with one attached hydrogen (secondary N) is 1. The summed E-state index contributed by atoms with van der Waals surface area (Å²) in [6, 6.07) is 0. The van der Waals surface area contributed by atoms with Gasteiger partial charge in [0.15, 0.2) is 0 Å². The van der Waals surface area contributed by atoms with Crippen molar-refractivity contribution in [1.82, 2.24) is 5.32 Å². The van der Waals surface area contributed by atoms with E-state index >= 15 is 0 Å². The summed E-state index contributed by atoms with van der Waals surface area (Å²) in [5.41, 5.74) is 0. The third-order valence-corrected chi connectivity index (χ3v) is 3.16. The summed E-state index contributed by atoms with van der Waals surface area (Å²) in [5.74, 6) is 2.56. The van der Waals surface area contributed by atoms with Gasteiger partial charge in [-0.3, -0.25) is 0 Å². The van der Waals surface area contributed by atoms with Gasteiger partial charge in [0.05, 0.1) is 0 Å². The Labute approximate surface area is 84.3 Å². The number of hydrogen-bond acceptors (Lipinski definition) is 1. The average Bonchev–Trinajstić information content (AvgIpc) is 2.13. The molecule has 0 aliphatic heterocycles. The number of hydrogen-bond donors (Lipinski definition) is 1. The van der Waals surface area contributed by atoms with Gasteiger partial charge in [0.1, 0.15) is 0 Å². The molecule has 0 aromatic heterocycles. The van der Waals surface area contributed by atoms with Gasteiger partial charge in [0.2, 0.25) is 0 Å². The molecule has 1 N–H and O–H groups in total. The molecule has 1 heteroatoms. The van der Waals surface area contributed by atoms with E-state index in [1.54, 1.807) is 0 Å². The molecule has 0 radical (unpaired) electrons. The van der Waals surface area contributed by atoms with E-state index in [1.807, 2.05) is 0 Å². The molecular formula is C12H27N. The van der Waals surface area contributed by atoms with Crippen molar-refractivity contribution in [3.8, 4) is 0 Å². The van der Waals surface area contributed by atoms with Crippen molar-refractivity contribution >= 4 is 0 Å². The van der Waals surface area contributed by atoms with Crippen LogP contribution in [-0.4, -0.2) is 13.1 Å². The molecule has 80 valence electrons. The van der Waals surface area contributed by atoms with Crippen LogP contribution in [0.15, 0.2) is 0 Å². The van der Waals surface area contributed by atoms with E-state index in [2.05, 4.69) is 39.9 Å². The molecule has 0 fully saturated rings. The van der Waals surface area contributed by atoms with Gasteiger partial charge in [0, 0.05) is 0 Å². The summed E-state index contributed by atoms with van der Waals surface area (Å²) in [4.78, 5) is 0. The molecule has 0 saturated heterocycles. The monoisotopic (exact) mass is 185 g/mol. The van der Waals surface area contributed by atoms with Crippen LogP contribution in [0.4, 0.5) is 0 Å². The van der Waals surface area contributed by atoms with Gasteiger partial charge in [-0.05, 0) is 37.3 Å². The van der Waals surface area contributed by atoms with Gasteiger partial charge in [-0.15, -0.1) is 0 Å². The molecule has 1 nitrogen and oxygen atoms in total. The molecular weight excluding hydrogens is 158 g/mol. The van der Waals surface area contributed by atoms with Crippen LogP contribution in [0.25, 0.3) is 0 Å². The molecule has 13 heavy (non-hydrogen) atoms. The minimum absolute atomic E-state index is 0.814. The van der Waals surface area contributed by atoms with Crippen molar-refractivity contribution in [2.75, 3.05) is 13.1 Å². The molecule has 0 aliphatic carbocycles. The Morgan fingerprint density at radius 1 is 1.00 bits per heavy atom. The highest BCUT2D eigenvalue weighted by molar-refractivity contribution is 4.66. The van der Waals surface area contributed by atoms with Crippen molar-refractivity contribution in [2.45, 2.75) is 47.5 Å². The minimum atomic E-state index is 0.814. The van der Waals surface area contributed by atoms with Crippen molar-refractivity contribution in [3.63, 3.8) is 0 Å². The summed E-state index contributed by atoms with van der Waals surface area (Å²) in [6.07, 6.45) is 2.70. The van der Waals surface area contributed by atoms with Crippen molar-refractivity contribution in [3.05, 3.63) is 0 Å². The van der Waals surface area contributed by atoms with Crippen molar-refractivity contribution in [2.24, 2.45) is 17.8 Å². The largest absolute Gasteiger partial charge is 0.317 e. The van der Waals surface area contributed by atoms with Gasteiger partial charge in [0.25, 0.3) is 0 Å². The van der Waals surface area contributed by atoms with Gasteiger partial charge in [-0.2, -0.15) is 0 Å². The standard InChI is InChI=1S/C12H27N/c1-6-10(3)8-11(4)12(5)9-13-7-2/h10-13H,6-9H2,1-5H3. The molecule has 3 atom stereocenters. The highest BCUT2D eigenvalue weighted by Crippen LogP contribution is 2.21. The fourth-order valence-electron chi connectivity index (χ4n) is 1.61. The minimum Gasteiger partial charge on any atom is -0.317 e. The highest BCUT2D eigenvalue weighted by atomic mass is 14.8. The topological polar surface area (TPSA) is 12.0 Å². The summed E-state index contributed by atoms with van der Waals surface area (Å²) < 4.78 is 0. The first-order valence-electron chi connectivity index (χ1n) is 5.82. The lowest BCUT2D eigenvalue weighted by Gasteiger charge is -2.22. The van der Waals surface area contributed by atoms with Crippen LogP contribution in [0.1, 0.15) is 47.5 Å². The Morgan fingerprint density at radius 3 is 2.08 bits per heavy atom. The molecule has 0 heterocycles. The second kappa shape index (κ2) is 7.37. The Bertz CT molecular complexity index is 112. The Morgan fingerprint density at radius 2 is 1.62 bits per heavy atom. The lowest BCUT2D eigenvalue weighted by molar-refractivity contribution is 0.301. The van der Waals surface area contributed by atoms with E-state index in [4.69, 9.17) is 0 Å². The van der Waals surface area contributed by atoms with E-state index in [1.165, 1.54) is 19.4 Å². The SMILES string of the molecule is CCNCC(C)C(C)CC(C)CC. The van der Waals surface area contributed by atoms with Crippen LogP contribution in [0.5, 0.6) is 0 Å². The van der Waals surface area contributed by atoms with Crippen LogP contribution in [0.2, 0.25) is 0 Å². The summed E-state index contributed by atoms with van der Waals surface area (Å²) in [5, 5.41) is 3.42. The molecule has 0 aromatic rings. The van der Waals surface area contributed by atoms with Crippen LogP contribution in [0.3, 0.4) is 0 Å². The molecule has 0 aliphatic rings. The zero-order valence-electron chi connectivity index (χ0n) is 10.1. The molecule has 3 unspecified atom stereocenters. The molecule has 0 amide bonds. The smallest absolute Gasteiger partial charge is 0.00207 e. The average molecular weight is 185 g/mol. The zero-order chi connectivity index (χ0) is 10.3. The van der Waals surface area contributed by atoms with Crippen LogP contribution >= 0.6 is 0 Å². The molecule has 0 aromatic carbocycles. The first-order valence-corrected chi connectivity index (χ1v) is 5.82. The van der Waals surface area contributed by atoms with Gasteiger partial charge < -0.3 is 5.32 Å². The van der Waals surface area contributed by atoms with Gasteiger partial charge in [-0.25, -0.2) is 0 Å². The fraction of sp³-hybridized carbons (Fsp3) is 1.00. The first-order chi connectivity index (χ1) is 6.11.